The lowest BCUT2D eigenvalue weighted by molar-refractivity contribution is -0.130. The van der Waals surface area contributed by atoms with Gasteiger partial charge in [-0.1, -0.05) is 0 Å². The lowest BCUT2D eigenvalue weighted by atomic mass is 10.2. The van der Waals surface area contributed by atoms with Crippen LogP contribution in [0.3, 0.4) is 0 Å². The van der Waals surface area contributed by atoms with Crippen LogP contribution in [0.5, 0.6) is 0 Å². The Labute approximate surface area is 186 Å². The Kier molecular flexibility index (Phi) is 7.31. The van der Waals surface area contributed by atoms with E-state index in [-0.39, 0.29) is 11.5 Å². The van der Waals surface area contributed by atoms with Crippen LogP contribution in [-0.2, 0) is 19.1 Å². The number of esters is 1. The van der Waals surface area contributed by atoms with Gasteiger partial charge in [0.05, 0.1) is 17.8 Å². The maximum Gasteiger partial charge on any atom is 0.338 e. The van der Waals surface area contributed by atoms with Crippen molar-refractivity contribution in [1.82, 2.24) is 5.32 Å². The largest absolute Gasteiger partial charge is 0.449 e. The van der Waals surface area contributed by atoms with E-state index in [4.69, 9.17) is 4.74 Å². The molecule has 0 aromatic heterocycles. The maximum absolute atomic E-state index is 13.6. The van der Waals surface area contributed by atoms with Gasteiger partial charge >= 0.3 is 5.97 Å². The molecule has 0 bridgehead atoms. The quantitative estimate of drug-likeness (QED) is 0.485. The first-order chi connectivity index (χ1) is 15.7. The number of halogens is 3. The summed E-state index contributed by atoms with van der Waals surface area (Å²) in [6.45, 7) is 1.27. The van der Waals surface area contributed by atoms with Crippen molar-refractivity contribution in [3.8, 4) is 0 Å². The molecular weight excluding hydrogens is 443 g/mol. The molecule has 3 rings (SSSR count). The number of carbonyl (C=O) groups excluding carboxylic acids is 4. The van der Waals surface area contributed by atoms with Gasteiger partial charge in [0.25, 0.3) is 5.91 Å². The van der Waals surface area contributed by atoms with Gasteiger partial charge in [-0.25, -0.2) is 18.0 Å². The molecule has 0 saturated carbocycles. The highest BCUT2D eigenvalue weighted by atomic mass is 19.2. The standard InChI is InChI=1S/C22H20F3N3O5/c1-12(21(31)26-11-17(29)27-16-9-8-15(23)19(24)20(16)25)33-22(32)13-4-6-14(7-5-13)28-10-2-3-18(28)30/h4-9,12H,2-3,10-11H2,1H3,(H,26,31)(H,27,29)/t12-/m0/s1. The molecule has 2 N–H and O–H groups in total. The molecule has 2 aromatic carbocycles. The first kappa shape index (κ1) is 23.8. The number of nitrogens with zero attached hydrogens (tertiary/aromatic N) is 1. The molecule has 1 saturated heterocycles. The Bertz CT molecular complexity index is 1090. The highest BCUT2D eigenvalue weighted by Crippen LogP contribution is 2.22. The molecule has 1 fully saturated rings. The van der Waals surface area contributed by atoms with Crippen LogP contribution >= 0.6 is 0 Å². The van der Waals surface area contributed by atoms with E-state index < -0.39 is 53.6 Å². The smallest absolute Gasteiger partial charge is 0.338 e. The first-order valence-corrected chi connectivity index (χ1v) is 10.00. The summed E-state index contributed by atoms with van der Waals surface area (Å²) < 4.78 is 44.8. The number of amides is 3. The summed E-state index contributed by atoms with van der Waals surface area (Å²) in [5, 5.41) is 4.19. The van der Waals surface area contributed by atoms with E-state index in [9.17, 15) is 32.3 Å². The highest BCUT2D eigenvalue weighted by molar-refractivity contribution is 5.97. The van der Waals surface area contributed by atoms with Crippen LogP contribution in [0.4, 0.5) is 24.5 Å². The van der Waals surface area contributed by atoms with Crippen molar-refractivity contribution in [1.29, 1.82) is 0 Å². The fourth-order valence-electron chi connectivity index (χ4n) is 3.11. The second-order valence-electron chi connectivity index (χ2n) is 7.23. The third-order valence-corrected chi connectivity index (χ3v) is 4.87. The van der Waals surface area contributed by atoms with Crippen LogP contribution in [0.15, 0.2) is 36.4 Å². The molecule has 174 valence electrons. The van der Waals surface area contributed by atoms with Crippen LogP contribution in [0.2, 0.25) is 0 Å². The van der Waals surface area contributed by atoms with Crippen molar-refractivity contribution in [3.05, 3.63) is 59.4 Å². The number of nitrogens with one attached hydrogen (secondary N) is 2. The zero-order valence-corrected chi connectivity index (χ0v) is 17.5. The number of hydrogen-bond donors (Lipinski definition) is 2. The molecule has 1 aliphatic heterocycles. The molecule has 11 heteroatoms. The van der Waals surface area contributed by atoms with Crippen molar-refractivity contribution in [2.24, 2.45) is 0 Å². The van der Waals surface area contributed by atoms with E-state index in [1.807, 2.05) is 5.32 Å². The van der Waals surface area contributed by atoms with E-state index in [2.05, 4.69) is 5.32 Å². The minimum atomic E-state index is -1.74. The highest BCUT2D eigenvalue weighted by Gasteiger charge is 2.23. The van der Waals surface area contributed by atoms with Gasteiger partial charge in [-0.2, -0.15) is 0 Å². The second kappa shape index (κ2) is 10.2. The monoisotopic (exact) mass is 463 g/mol. The Morgan fingerprint density at radius 2 is 1.76 bits per heavy atom. The van der Waals surface area contributed by atoms with Crippen molar-refractivity contribution in [2.45, 2.75) is 25.9 Å². The third kappa shape index (κ3) is 5.68. The summed E-state index contributed by atoms with van der Waals surface area (Å²) in [7, 11) is 0. The van der Waals surface area contributed by atoms with Gasteiger partial charge in [0.15, 0.2) is 23.6 Å². The van der Waals surface area contributed by atoms with Crippen LogP contribution in [0, 0.1) is 17.5 Å². The topological polar surface area (TPSA) is 105 Å². The van der Waals surface area contributed by atoms with Crippen molar-refractivity contribution in [2.75, 3.05) is 23.3 Å². The molecule has 3 amide bonds. The number of benzene rings is 2. The minimum absolute atomic E-state index is 0.00644. The molecule has 1 heterocycles. The van der Waals surface area contributed by atoms with Crippen LogP contribution < -0.4 is 15.5 Å². The second-order valence-corrected chi connectivity index (χ2v) is 7.23. The predicted octanol–water partition coefficient (Wildman–Crippen LogP) is 2.53. The van der Waals surface area contributed by atoms with Gasteiger partial charge in [0, 0.05) is 18.7 Å². The van der Waals surface area contributed by atoms with Gasteiger partial charge in [-0.05, 0) is 49.7 Å². The SMILES string of the molecule is C[C@H](OC(=O)c1ccc(N2CCCC2=O)cc1)C(=O)NCC(=O)Nc1ccc(F)c(F)c1F. The molecule has 1 aliphatic rings. The predicted molar refractivity (Wildman–Crippen MR) is 111 cm³/mol. The van der Waals surface area contributed by atoms with E-state index in [0.29, 0.717) is 24.7 Å². The summed E-state index contributed by atoms with van der Waals surface area (Å²) in [4.78, 5) is 49.6. The van der Waals surface area contributed by atoms with Gasteiger partial charge in [0.1, 0.15) is 0 Å². The molecule has 0 unspecified atom stereocenters. The number of ether oxygens (including phenoxy) is 1. The Morgan fingerprint density at radius 3 is 2.39 bits per heavy atom. The number of rotatable bonds is 7. The van der Waals surface area contributed by atoms with Crippen LogP contribution in [0.25, 0.3) is 0 Å². The molecule has 0 radical (unpaired) electrons. The zero-order valence-electron chi connectivity index (χ0n) is 17.5. The molecule has 0 spiro atoms. The number of carbonyl (C=O) groups is 4. The van der Waals surface area contributed by atoms with Gasteiger partial charge < -0.3 is 20.3 Å². The normalized spacial score (nSPS) is 14.1. The average Bonchev–Trinajstić information content (AvgIpc) is 3.23. The summed E-state index contributed by atoms with van der Waals surface area (Å²) in [6.07, 6.45) is -0.0159. The summed E-state index contributed by atoms with van der Waals surface area (Å²) in [5.41, 5.74) is 0.228. The Hall–Kier alpha value is -3.89. The van der Waals surface area contributed by atoms with Gasteiger partial charge in [-0.15, -0.1) is 0 Å². The lowest BCUT2D eigenvalue weighted by Crippen LogP contribution is -2.40. The molecule has 2 aromatic rings. The lowest BCUT2D eigenvalue weighted by Gasteiger charge is -2.16. The zero-order chi connectivity index (χ0) is 24.1. The fourth-order valence-corrected chi connectivity index (χ4v) is 3.11. The van der Waals surface area contributed by atoms with Gasteiger partial charge in [-0.3, -0.25) is 14.4 Å². The van der Waals surface area contributed by atoms with Crippen molar-refractivity contribution < 1.29 is 37.1 Å². The van der Waals surface area contributed by atoms with E-state index >= 15 is 0 Å². The van der Waals surface area contributed by atoms with Crippen LogP contribution in [0.1, 0.15) is 30.1 Å². The molecule has 0 aliphatic carbocycles. The molecule has 1 atom stereocenters. The van der Waals surface area contributed by atoms with Crippen molar-refractivity contribution >= 4 is 35.1 Å². The van der Waals surface area contributed by atoms with Crippen molar-refractivity contribution in [3.63, 3.8) is 0 Å². The summed E-state index contributed by atoms with van der Waals surface area (Å²) in [5.74, 6) is -7.21. The van der Waals surface area contributed by atoms with Gasteiger partial charge in [0.2, 0.25) is 11.8 Å². The number of hydrogen-bond acceptors (Lipinski definition) is 5. The van der Waals surface area contributed by atoms with Crippen LogP contribution in [-0.4, -0.2) is 42.9 Å². The van der Waals surface area contributed by atoms with E-state index in [0.717, 1.165) is 12.5 Å². The Balaban J connectivity index is 1.49. The third-order valence-electron chi connectivity index (χ3n) is 4.87. The summed E-state index contributed by atoms with van der Waals surface area (Å²) in [6, 6.07) is 7.63. The summed E-state index contributed by atoms with van der Waals surface area (Å²) >= 11 is 0. The molecule has 8 nitrogen and oxygen atoms in total. The molecule has 33 heavy (non-hydrogen) atoms. The molecular formula is C22H20F3N3O5. The van der Waals surface area contributed by atoms with E-state index in [1.165, 1.54) is 19.1 Å². The maximum atomic E-state index is 13.6. The first-order valence-electron chi connectivity index (χ1n) is 10.00. The number of anilines is 2. The average molecular weight is 463 g/mol. The minimum Gasteiger partial charge on any atom is -0.449 e. The Morgan fingerprint density at radius 1 is 1.06 bits per heavy atom. The van der Waals surface area contributed by atoms with E-state index in [1.54, 1.807) is 17.0 Å². The fraction of sp³-hybridized carbons (Fsp3) is 0.273.